The quantitative estimate of drug-likeness (QED) is 0.235. The van der Waals surface area contributed by atoms with E-state index in [9.17, 15) is 28.2 Å². The summed E-state index contributed by atoms with van der Waals surface area (Å²) in [6.45, 7) is 5.79. The number of sulfonamides is 1. The minimum Gasteiger partial charge on any atom is -0.505 e. The van der Waals surface area contributed by atoms with Gasteiger partial charge in [0.25, 0.3) is 10.0 Å². The summed E-state index contributed by atoms with van der Waals surface area (Å²) in [5.41, 5.74) is 0.950. The van der Waals surface area contributed by atoms with E-state index in [-0.39, 0.29) is 38.2 Å². The molecule has 1 aliphatic rings. The number of rotatable bonds is 7. The van der Waals surface area contributed by atoms with Crippen LogP contribution in [0.25, 0.3) is 11.4 Å². The number of aromatic carboxylic acids is 1. The smallest absolute Gasteiger partial charge is 0.341 e. The number of nitrogens with zero attached hydrogens (tertiary/aromatic N) is 5. The summed E-state index contributed by atoms with van der Waals surface area (Å²) in [5.74, 6) is -1.91. The molecule has 1 aliphatic heterocycles. The van der Waals surface area contributed by atoms with Crippen LogP contribution in [0, 0.1) is 5.41 Å². The number of carbonyl (C=O) groups excluding carboxylic acids is 1. The molecule has 0 atom stereocenters. The number of carboxylic acids is 1. The molecule has 2 heterocycles. The maximum atomic E-state index is 13.0. The van der Waals surface area contributed by atoms with Crippen LogP contribution in [-0.2, 0) is 14.8 Å². The summed E-state index contributed by atoms with van der Waals surface area (Å²) in [6.07, 6.45) is 0. The summed E-state index contributed by atoms with van der Waals surface area (Å²) < 4.78 is 34.7. The molecule has 3 aromatic carbocycles. The maximum Gasteiger partial charge on any atom is 0.341 e. The molecule has 1 aromatic heterocycles. The number of hydrogen-bond donors (Lipinski definition) is 3. The Morgan fingerprint density at radius 3 is 2.41 bits per heavy atom. The van der Waals surface area contributed by atoms with Crippen LogP contribution in [0.4, 0.5) is 11.4 Å². The van der Waals surface area contributed by atoms with Crippen LogP contribution in [-0.4, -0.2) is 64.0 Å². The zero-order valence-corrected chi connectivity index (χ0v) is 25.3. The van der Waals surface area contributed by atoms with Crippen LogP contribution in [0.2, 0.25) is 5.02 Å². The van der Waals surface area contributed by atoms with Crippen molar-refractivity contribution < 1.29 is 33.0 Å². The lowest BCUT2D eigenvalue weighted by molar-refractivity contribution is 0.0596. The van der Waals surface area contributed by atoms with E-state index in [4.69, 9.17) is 21.4 Å². The highest BCUT2D eigenvalue weighted by Gasteiger charge is 2.35. The highest BCUT2D eigenvalue weighted by molar-refractivity contribution is 7.92. The van der Waals surface area contributed by atoms with Gasteiger partial charge in [0.2, 0.25) is 5.82 Å². The molecule has 15 heteroatoms. The summed E-state index contributed by atoms with van der Waals surface area (Å²) >= 11 is 6.17. The molecule has 0 radical (unpaired) electrons. The monoisotopic (exact) mass is 636 g/mol. The van der Waals surface area contributed by atoms with E-state index in [1.165, 1.54) is 48.2 Å². The number of anilines is 1. The standard InChI is InChI=1S/C29H25ClN6O7S/c1-29(2,3)24-22(31-18-13-20(28(40)43-4)23(37)21(30)14-18)26-33-32-25(36(26)34-24)15-7-5-9-17(11-15)35-44(41,42)19-10-6-8-16(12-19)27(38)39/h5-14,35,37H,1-4H3,(H,38,39). The predicted molar refractivity (Wildman–Crippen MR) is 163 cm³/mol. The molecule has 0 amide bonds. The van der Waals surface area contributed by atoms with E-state index in [1.54, 1.807) is 18.2 Å². The van der Waals surface area contributed by atoms with Gasteiger partial charge in [-0.05, 0) is 42.5 Å². The number of ether oxygens (including phenoxy) is 1. The van der Waals surface area contributed by atoms with E-state index >= 15 is 0 Å². The minimum absolute atomic E-state index is 0.101. The fourth-order valence-corrected chi connectivity index (χ4v) is 5.65. The van der Waals surface area contributed by atoms with Gasteiger partial charge in [-0.3, -0.25) is 4.72 Å². The Morgan fingerprint density at radius 2 is 1.73 bits per heavy atom. The molecule has 0 fully saturated rings. The second kappa shape index (κ2) is 11.2. The maximum absolute atomic E-state index is 13.0. The molecular formula is C29H25ClN6O7S. The van der Waals surface area contributed by atoms with E-state index in [0.29, 0.717) is 22.8 Å². The first-order valence-electron chi connectivity index (χ1n) is 12.9. The second-order valence-corrected chi connectivity index (χ2v) is 12.7. The number of phenols is 1. The molecule has 0 unspecified atom stereocenters. The zero-order chi connectivity index (χ0) is 32.0. The van der Waals surface area contributed by atoms with Crippen LogP contribution >= 0.6 is 11.6 Å². The lowest BCUT2D eigenvalue weighted by Gasteiger charge is -2.18. The van der Waals surface area contributed by atoms with E-state index < -0.39 is 33.1 Å². The molecular weight excluding hydrogens is 612 g/mol. The van der Waals surface area contributed by atoms with Gasteiger partial charge < -0.3 is 14.9 Å². The highest BCUT2D eigenvalue weighted by Crippen LogP contribution is 2.35. The number of fused-ring (bicyclic) bond motifs is 1. The minimum atomic E-state index is -4.12. The number of aliphatic imine (C=N–C) groups is 1. The molecule has 0 aliphatic carbocycles. The number of carbonyl (C=O) groups is 2. The lowest BCUT2D eigenvalue weighted by Crippen LogP contribution is -2.27. The number of nitrogens with one attached hydrogen (secondary N) is 1. The molecule has 0 saturated carbocycles. The van der Waals surface area contributed by atoms with Crippen molar-refractivity contribution in [3.63, 3.8) is 0 Å². The van der Waals surface area contributed by atoms with E-state index in [1.807, 2.05) is 20.8 Å². The van der Waals surface area contributed by atoms with Crippen molar-refractivity contribution in [3.05, 3.63) is 82.6 Å². The Morgan fingerprint density at radius 1 is 1.02 bits per heavy atom. The Bertz CT molecular complexity index is 2010. The van der Waals surface area contributed by atoms with Crippen LogP contribution < -0.4 is 4.72 Å². The number of esters is 1. The molecule has 5 rings (SSSR count). The topological polar surface area (TPSA) is 185 Å². The molecule has 13 nitrogen and oxygen atoms in total. The van der Waals surface area contributed by atoms with Crippen LogP contribution in [0.3, 0.4) is 0 Å². The van der Waals surface area contributed by atoms with Crippen LogP contribution in [0.1, 0.15) is 47.3 Å². The second-order valence-electron chi connectivity index (χ2n) is 10.7. The first-order valence-corrected chi connectivity index (χ1v) is 14.8. The number of benzene rings is 3. The van der Waals surface area contributed by atoms with Gasteiger partial charge in [0.05, 0.1) is 34.0 Å². The summed E-state index contributed by atoms with van der Waals surface area (Å²) in [5, 5.41) is 32.7. The number of carboxylic acid groups (broad SMARTS) is 1. The van der Waals surface area contributed by atoms with Crippen molar-refractivity contribution in [3.8, 4) is 17.1 Å². The molecule has 0 saturated heterocycles. The molecule has 4 aromatic rings. The van der Waals surface area contributed by atoms with Crippen molar-refractivity contribution in [2.24, 2.45) is 15.5 Å². The van der Waals surface area contributed by atoms with Crippen molar-refractivity contribution >= 4 is 56.4 Å². The molecule has 3 N–H and O–H groups in total. The Labute approximate surface area is 256 Å². The third-order valence-electron chi connectivity index (χ3n) is 6.45. The number of halogens is 1. The number of phenolic OH excluding ortho intramolecular Hbond substituents is 1. The Balaban J connectivity index is 1.55. The Kier molecular flexibility index (Phi) is 7.74. The van der Waals surface area contributed by atoms with E-state index in [0.717, 1.165) is 6.07 Å². The average molecular weight is 637 g/mol. The van der Waals surface area contributed by atoms with Crippen molar-refractivity contribution in [2.75, 3.05) is 11.8 Å². The third-order valence-corrected chi connectivity index (χ3v) is 8.11. The van der Waals surface area contributed by atoms with Crippen molar-refractivity contribution in [2.45, 2.75) is 25.7 Å². The summed E-state index contributed by atoms with van der Waals surface area (Å²) in [6, 6.07) is 14.1. The van der Waals surface area contributed by atoms with Gasteiger partial charge in [0.15, 0.2) is 5.82 Å². The normalized spacial score (nSPS) is 13.8. The molecule has 0 bridgehead atoms. The van der Waals surface area contributed by atoms with Gasteiger partial charge in [0.1, 0.15) is 17.0 Å². The van der Waals surface area contributed by atoms with Crippen LogP contribution in [0.15, 0.2) is 75.7 Å². The average Bonchev–Trinajstić information content (AvgIpc) is 3.54. The lowest BCUT2D eigenvalue weighted by atomic mass is 9.87. The summed E-state index contributed by atoms with van der Waals surface area (Å²) in [4.78, 5) is 28.0. The van der Waals surface area contributed by atoms with Gasteiger partial charge in [0, 0.05) is 16.7 Å². The molecule has 0 spiro atoms. The Hall–Kier alpha value is -5.08. The van der Waals surface area contributed by atoms with Crippen LogP contribution in [0.5, 0.6) is 5.75 Å². The van der Waals surface area contributed by atoms with Gasteiger partial charge in [-0.1, -0.05) is 50.6 Å². The molecule has 44 heavy (non-hydrogen) atoms. The number of methoxy groups -OCH3 is 1. The first-order chi connectivity index (χ1) is 20.7. The largest absolute Gasteiger partial charge is 0.505 e. The summed E-state index contributed by atoms with van der Waals surface area (Å²) in [7, 11) is -2.94. The third kappa shape index (κ3) is 5.76. The van der Waals surface area contributed by atoms with Gasteiger partial charge in [-0.25, -0.2) is 23.0 Å². The fourth-order valence-electron chi connectivity index (χ4n) is 4.34. The fraction of sp³-hybridized carbons (Fsp3) is 0.172. The van der Waals surface area contributed by atoms with Crippen molar-refractivity contribution in [1.29, 1.82) is 0 Å². The van der Waals surface area contributed by atoms with Gasteiger partial charge in [-0.2, -0.15) is 9.78 Å². The molecule has 226 valence electrons. The van der Waals surface area contributed by atoms with Gasteiger partial charge >= 0.3 is 11.9 Å². The number of aromatic hydroxyl groups is 1. The van der Waals surface area contributed by atoms with Gasteiger partial charge in [-0.15, -0.1) is 10.2 Å². The van der Waals surface area contributed by atoms with Crippen molar-refractivity contribution in [1.82, 2.24) is 14.9 Å². The predicted octanol–water partition coefficient (Wildman–Crippen LogP) is 4.97. The SMILES string of the molecule is COC(=O)c1cc(N=C2C(C(C)(C)C)=Nn3c2nnc3-c2cccc(NS(=O)(=O)c3cccc(C(=O)O)c3)c2)cc(Cl)c1O. The first kappa shape index (κ1) is 30.4. The highest BCUT2D eigenvalue weighted by atomic mass is 35.5. The zero-order valence-electron chi connectivity index (χ0n) is 23.7. The number of aromatic nitrogens is 3. The number of hydrogen-bond acceptors (Lipinski definition) is 10. The van der Waals surface area contributed by atoms with E-state index in [2.05, 4.69) is 19.9 Å².